The minimum Gasteiger partial charge on any atom is -0.462 e. The van der Waals surface area contributed by atoms with E-state index in [1.54, 1.807) is 0 Å². The summed E-state index contributed by atoms with van der Waals surface area (Å²) in [5, 5.41) is 0. The fourth-order valence-corrected chi connectivity index (χ4v) is 9.49. The average Bonchev–Trinajstić information content (AvgIpc) is 3.42. The van der Waals surface area contributed by atoms with Gasteiger partial charge in [-0.2, -0.15) is 0 Å². The van der Waals surface area contributed by atoms with E-state index in [2.05, 4.69) is 93.7 Å². The summed E-state index contributed by atoms with van der Waals surface area (Å²) in [7, 11) is 0. The number of carbonyl (C=O) groups is 3. The normalized spacial score (nSPS) is 12.5. The van der Waals surface area contributed by atoms with Crippen molar-refractivity contribution < 1.29 is 28.6 Å². The minimum absolute atomic E-state index is 0.0766. The Balaban J connectivity index is 4.19. The van der Waals surface area contributed by atoms with Crippen LogP contribution in [0.4, 0.5) is 0 Å². The molecule has 0 amide bonds. The highest BCUT2D eigenvalue weighted by Gasteiger charge is 2.19. The SMILES string of the molecule is CC/C=C\C/C=C\C/C=C\C/C=C\CCCCCCCCCCCCCCCCC(=O)OCC(COC(=O)CCCCCCC/C=C\CCC)OC(=O)CCCCCCCCCCC/C=C\CCCCCCCCCC. The van der Waals surface area contributed by atoms with Gasteiger partial charge in [-0.3, -0.25) is 14.4 Å². The standard InChI is InChI=1S/C70H124O6/c1-4-7-10-13-16-19-22-24-26-28-30-32-33-34-35-36-37-39-40-42-44-46-48-51-54-57-60-63-69(72)75-66-67(65-74-68(71)62-59-56-53-50-21-18-15-12-9-6-3)76-70(73)64-61-58-55-52-49-47-45-43-41-38-31-29-27-25-23-20-17-14-11-8-5-2/h7,10,12,15-16,19,24,26,29-32,67H,4-6,8-9,11,13-14,17-18,20-23,25,27-28,33-66H2,1-3H3/b10-7-,15-12-,19-16-,26-24-,31-29-,32-30-. The molecule has 1 atom stereocenters. The van der Waals surface area contributed by atoms with Crippen LogP contribution in [0.15, 0.2) is 72.9 Å². The zero-order chi connectivity index (χ0) is 55.0. The fourth-order valence-electron chi connectivity index (χ4n) is 9.49. The zero-order valence-corrected chi connectivity index (χ0v) is 50.5. The molecule has 0 saturated carbocycles. The van der Waals surface area contributed by atoms with Gasteiger partial charge in [-0.1, -0.05) is 286 Å². The largest absolute Gasteiger partial charge is 0.462 e. The van der Waals surface area contributed by atoms with E-state index in [1.165, 1.54) is 199 Å². The van der Waals surface area contributed by atoms with Crippen LogP contribution >= 0.6 is 0 Å². The van der Waals surface area contributed by atoms with Crippen LogP contribution in [0.25, 0.3) is 0 Å². The van der Waals surface area contributed by atoms with Crippen LogP contribution in [-0.2, 0) is 28.6 Å². The van der Waals surface area contributed by atoms with Gasteiger partial charge in [0, 0.05) is 19.3 Å². The van der Waals surface area contributed by atoms with Gasteiger partial charge in [0.05, 0.1) is 0 Å². The Morgan fingerprint density at radius 1 is 0.276 bits per heavy atom. The van der Waals surface area contributed by atoms with Crippen molar-refractivity contribution >= 4 is 17.9 Å². The molecule has 0 aliphatic heterocycles. The van der Waals surface area contributed by atoms with Crippen LogP contribution in [0.3, 0.4) is 0 Å². The molecular formula is C70H124O6. The topological polar surface area (TPSA) is 78.9 Å². The van der Waals surface area contributed by atoms with Crippen LogP contribution in [0.5, 0.6) is 0 Å². The Kier molecular flexibility index (Phi) is 61.7. The van der Waals surface area contributed by atoms with Crippen molar-refractivity contribution in [3.05, 3.63) is 72.9 Å². The van der Waals surface area contributed by atoms with Crippen molar-refractivity contribution in [3.63, 3.8) is 0 Å². The van der Waals surface area contributed by atoms with Crippen LogP contribution in [0.2, 0.25) is 0 Å². The van der Waals surface area contributed by atoms with Gasteiger partial charge in [-0.05, 0) is 103 Å². The maximum atomic E-state index is 12.9. The summed E-state index contributed by atoms with van der Waals surface area (Å²) >= 11 is 0. The molecule has 0 rings (SSSR count). The highest BCUT2D eigenvalue weighted by atomic mass is 16.6. The number of hydrogen-bond acceptors (Lipinski definition) is 6. The summed E-state index contributed by atoms with van der Waals surface area (Å²) in [5.41, 5.74) is 0. The van der Waals surface area contributed by atoms with Crippen molar-refractivity contribution in [2.24, 2.45) is 0 Å². The molecule has 0 spiro atoms. The van der Waals surface area contributed by atoms with Gasteiger partial charge in [0.2, 0.25) is 0 Å². The van der Waals surface area contributed by atoms with E-state index in [4.69, 9.17) is 14.2 Å². The maximum Gasteiger partial charge on any atom is 0.306 e. The molecule has 0 N–H and O–H groups in total. The highest BCUT2D eigenvalue weighted by molar-refractivity contribution is 5.71. The van der Waals surface area contributed by atoms with Crippen molar-refractivity contribution in [1.29, 1.82) is 0 Å². The first-order valence-electron chi connectivity index (χ1n) is 32.9. The van der Waals surface area contributed by atoms with Crippen molar-refractivity contribution in [2.75, 3.05) is 13.2 Å². The molecule has 0 aromatic carbocycles. The monoisotopic (exact) mass is 1060 g/mol. The molecule has 1 unspecified atom stereocenters. The first kappa shape index (κ1) is 72.8. The molecule has 0 bridgehead atoms. The summed E-state index contributed by atoms with van der Waals surface area (Å²) in [6, 6.07) is 0. The Bertz CT molecular complexity index is 1400. The average molecular weight is 1060 g/mol. The Hall–Kier alpha value is -3.15. The fraction of sp³-hybridized carbons (Fsp3) is 0.786. The molecule has 0 saturated heterocycles. The molecule has 0 aliphatic rings. The predicted octanol–water partition coefficient (Wildman–Crippen LogP) is 22.5. The van der Waals surface area contributed by atoms with E-state index in [0.717, 1.165) is 96.3 Å². The highest BCUT2D eigenvalue weighted by Crippen LogP contribution is 2.17. The van der Waals surface area contributed by atoms with Gasteiger partial charge in [-0.25, -0.2) is 0 Å². The zero-order valence-electron chi connectivity index (χ0n) is 50.5. The van der Waals surface area contributed by atoms with E-state index < -0.39 is 6.10 Å². The minimum atomic E-state index is -0.779. The molecule has 76 heavy (non-hydrogen) atoms. The lowest BCUT2D eigenvalue weighted by atomic mass is 10.0. The van der Waals surface area contributed by atoms with E-state index in [-0.39, 0.29) is 31.1 Å². The first-order chi connectivity index (χ1) is 37.5. The van der Waals surface area contributed by atoms with Gasteiger partial charge in [0.25, 0.3) is 0 Å². The lowest BCUT2D eigenvalue weighted by molar-refractivity contribution is -0.167. The maximum absolute atomic E-state index is 12.9. The number of esters is 3. The molecule has 6 heteroatoms. The third-order valence-corrected chi connectivity index (χ3v) is 14.4. The van der Waals surface area contributed by atoms with Crippen LogP contribution in [-0.4, -0.2) is 37.2 Å². The second-order valence-electron chi connectivity index (χ2n) is 22.0. The molecule has 0 aliphatic carbocycles. The summed E-state index contributed by atoms with van der Waals surface area (Å²) in [6.45, 7) is 6.50. The molecule has 6 nitrogen and oxygen atoms in total. The summed E-state index contributed by atoms with van der Waals surface area (Å²) in [6.07, 6.45) is 83.6. The molecule has 0 fully saturated rings. The molecule has 0 aromatic heterocycles. The smallest absolute Gasteiger partial charge is 0.306 e. The second kappa shape index (κ2) is 64.4. The summed E-state index contributed by atoms with van der Waals surface area (Å²) < 4.78 is 16.9. The van der Waals surface area contributed by atoms with Gasteiger partial charge in [-0.15, -0.1) is 0 Å². The number of rotatable bonds is 60. The number of hydrogen-bond donors (Lipinski definition) is 0. The summed E-state index contributed by atoms with van der Waals surface area (Å²) in [5.74, 6) is -0.875. The van der Waals surface area contributed by atoms with E-state index in [0.29, 0.717) is 19.3 Å². The third-order valence-electron chi connectivity index (χ3n) is 14.4. The van der Waals surface area contributed by atoms with Gasteiger partial charge in [0.1, 0.15) is 13.2 Å². The Morgan fingerprint density at radius 2 is 0.539 bits per heavy atom. The van der Waals surface area contributed by atoms with Gasteiger partial charge >= 0.3 is 17.9 Å². The lowest BCUT2D eigenvalue weighted by Gasteiger charge is -2.18. The molecule has 0 aromatic rings. The van der Waals surface area contributed by atoms with Crippen LogP contribution in [0.1, 0.15) is 335 Å². The lowest BCUT2D eigenvalue weighted by Crippen LogP contribution is -2.30. The third kappa shape index (κ3) is 61.7. The van der Waals surface area contributed by atoms with E-state index in [1.807, 2.05) is 0 Å². The van der Waals surface area contributed by atoms with Gasteiger partial charge in [0.15, 0.2) is 6.10 Å². The van der Waals surface area contributed by atoms with Crippen molar-refractivity contribution in [3.8, 4) is 0 Å². The number of carbonyl (C=O) groups excluding carboxylic acids is 3. The Morgan fingerprint density at radius 3 is 0.868 bits per heavy atom. The van der Waals surface area contributed by atoms with Crippen LogP contribution < -0.4 is 0 Å². The van der Waals surface area contributed by atoms with Crippen LogP contribution in [0, 0.1) is 0 Å². The molecular weight excluding hydrogens is 937 g/mol. The summed E-state index contributed by atoms with van der Waals surface area (Å²) in [4.78, 5) is 38.2. The second-order valence-corrected chi connectivity index (χ2v) is 22.0. The Labute approximate surface area is 472 Å². The number of ether oxygens (including phenoxy) is 3. The number of allylic oxidation sites excluding steroid dienone is 12. The van der Waals surface area contributed by atoms with E-state index in [9.17, 15) is 14.4 Å². The molecule has 0 radical (unpaired) electrons. The van der Waals surface area contributed by atoms with Gasteiger partial charge < -0.3 is 14.2 Å². The number of unbranched alkanes of at least 4 members (excludes halogenated alkanes) is 37. The molecule has 0 heterocycles. The predicted molar refractivity (Wildman–Crippen MR) is 330 cm³/mol. The molecule has 440 valence electrons. The quantitative estimate of drug-likeness (QED) is 0.0261. The van der Waals surface area contributed by atoms with Crippen molar-refractivity contribution in [1.82, 2.24) is 0 Å². The van der Waals surface area contributed by atoms with Crippen molar-refractivity contribution in [2.45, 2.75) is 341 Å². The first-order valence-corrected chi connectivity index (χ1v) is 32.9. The van der Waals surface area contributed by atoms with E-state index >= 15 is 0 Å².